The highest BCUT2D eigenvalue weighted by Crippen LogP contribution is 2.59. The predicted molar refractivity (Wildman–Crippen MR) is 96.6 cm³/mol. The smallest absolute Gasteiger partial charge is 0.226 e. The van der Waals surface area contributed by atoms with E-state index < -0.39 is 0 Å². The number of hydrogen-bond donors (Lipinski definition) is 0. The second-order valence-corrected chi connectivity index (χ2v) is 8.04. The first-order chi connectivity index (χ1) is 12.2. The van der Waals surface area contributed by atoms with E-state index in [0.29, 0.717) is 11.8 Å². The Morgan fingerprint density at radius 1 is 1.32 bits per heavy atom. The largest absolute Gasteiger partial charge is 0.496 e. The molecule has 1 aromatic rings. The lowest BCUT2D eigenvalue weighted by atomic mass is 9.89. The van der Waals surface area contributed by atoms with Crippen LogP contribution < -0.4 is 4.74 Å². The number of rotatable bonds is 4. The van der Waals surface area contributed by atoms with E-state index in [1.165, 1.54) is 12.0 Å². The summed E-state index contributed by atoms with van der Waals surface area (Å²) in [6.07, 6.45) is 6.55. The van der Waals surface area contributed by atoms with Gasteiger partial charge in [0, 0.05) is 32.2 Å². The number of ether oxygens (including phenoxy) is 2. The van der Waals surface area contributed by atoms with E-state index in [1.54, 1.807) is 7.11 Å². The fourth-order valence-electron chi connectivity index (χ4n) is 4.86. The summed E-state index contributed by atoms with van der Waals surface area (Å²) in [5.41, 5.74) is 1.54. The molecule has 1 aromatic carbocycles. The Kier molecular flexibility index (Phi) is 4.72. The first-order valence-corrected chi connectivity index (χ1v) is 9.70. The maximum atomic E-state index is 13.0. The summed E-state index contributed by atoms with van der Waals surface area (Å²) in [6, 6.07) is 8.26. The van der Waals surface area contributed by atoms with Crippen LogP contribution in [0.4, 0.5) is 0 Å². The molecule has 2 aliphatic heterocycles. The highest BCUT2D eigenvalue weighted by Gasteiger charge is 2.59. The SMILES string of the molecule is COc1ccccc1CC1CCCN(C(=O)C2CC23CCOCC3)C1. The van der Waals surface area contributed by atoms with Crippen molar-refractivity contribution in [2.24, 2.45) is 17.3 Å². The van der Waals surface area contributed by atoms with E-state index in [-0.39, 0.29) is 11.3 Å². The van der Waals surface area contributed by atoms with Gasteiger partial charge in [0.05, 0.1) is 7.11 Å². The zero-order valence-electron chi connectivity index (χ0n) is 15.2. The topological polar surface area (TPSA) is 38.8 Å². The third-order valence-electron chi connectivity index (χ3n) is 6.51. The van der Waals surface area contributed by atoms with Gasteiger partial charge in [-0.1, -0.05) is 18.2 Å². The lowest BCUT2D eigenvalue weighted by molar-refractivity contribution is -0.135. The predicted octanol–water partition coefficient (Wildman–Crippen LogP) is 3.29. The Morgan fingerprint density at radius 2 is 2.12 bits per heavy atom. The Balaban J connectivity index is 1.37. The van der Waals surface area contributed by atoms with Crippen LogP contribution in [-0.2, 0) is 16.0 Å². The van der Waals surface area contributed by atoms with Crippen LogP contribution in [0.1, 0.15) is 37.7 Å². The molecular weight excluding hydrogens is 314 g/mol. The molecule has 25 heavy (non-hydrogen) atoms. The molecule has 136 valence electrons. The molecule has 2 atom stereocenters. The van der Waals surface area contributed by atoms with Crippen LogP contribution in [-0.4, -0.2) is 44.2 Å². The number of likely N-dealkylation sites (tertiary alicyclic amines) is 1. The molecular formula is C21H29NO3. The molecule has 0 bridgehead atoms. The van der Waals surface area contributed by atoms with Gasteiger partial charge < -0.3 is 14.4 Å². The van der Waals surface area contributed by atoms with Crippen LogP contribution >= 0.6 is 0 Å². The summed E-state index contributed by atoms with van der Waals surface area (Å²) in [4.78, 5) is 15.2. The number of nitrogens with zero attached hydrogens (tertiary/aromatic N) is 1. The van der Waals surface area contributed by atoms with Crippen molar-refractivity contribution in [1.29, 1.82) is 0 Å². The molecule has 2 heterocycles. The highest BCUT2D eigenvalue weighted by molar-refractivity contribution is 5.82. The van der Waals surface area contributed by atoms with Gasteiger partial charge in [-0.15, -0.1) is 0 Å². The molecule has 2 saturated heterocycles. The van der Waals surface area contributed by atoms with Crippen LogP contribution in [0, 0.1) is 17.3 Å². The van der Waals surface area contributed by atoms with Crippen LogP contribution in [0.15, 0.2) is 24.3 Å². The number of carbonyl (C=O) groups excluding carboxylic acids is 1. The number of carbonyl (C=O) groups is 1. The number of hydrogen-bond acceptors (Lipinski definition) is 3. The van der Waals surface area contributed by atoms with E-state index in [2.05, 4.69) is 17.0 Å². The zero-order valence-corrected chi connectivity index (χ0v) is 15.2. The molecule has 2 unspecified atom stereocenters. The summed E-state index contributed by atoms with van der Waals surface area (Å²) in [6.45, 7) is 3.50. The Morgan fingerprint density at radius 3 is 2.92 bits per heavy atom. The molecule has 0 radical (unpaired) electrons. The van der Waals surface area contributed by atoms with Gasteiger partial charge in [0.2, 0.25) is 5.91 Å². The summed E-state index contributed by atoms with van der Waals surface area (Å²) >= 11 is 0. The molecule has 4 heteroatoms. The minimum absolute atomic E-state index is 0.265. The van der Waals surface area contributed by atoms with Crippen LogP contribution in [0.25, 0.3) is 0 Å². The first kappa shape index (κ1) is 16.9. The van der Waals surface area contributed by atoms with E-state index in [4.69, 9.17) is 9.47 Å². The van der Waals surface area contributed by atoms with Crippen molar-refractivity contribution in [3.8, 4) is 5.75 Å². The van der Waals surface area contributed by atoms with Crippen molar-refractivity contribution in [3.05, 3.63) is 29.8 Å². The molecule has 1 saturated carbocycles. The quantitative estimate of drug-likeness (QED) is 0.842. The van der Waals surface area contributed by atoms with Crippen LogP contribution in [0.3, 0.4) is 0 Å². The van der Waals surface area contributed by atoms with Gasteiger partial charge in [0.15, 0.2) is 0 Å². The van der Waals surface area contributed by atoms with Gasteiger partial charge in [-0.3, -0.25) is 4.79 Å². The van der Waals surface area contributed by atoms with Gasteiger partial charge in [0.25, 0.3) is 0 Å². The van der Waals surface area contributed by atoms with Crippen molar-refractivity contribution in [1.82, 2.24) is 4.90 Å². The van der Waals surface area contributed by atoms with Gasteiger partial charge >= 0.3 is 0 Å². The molecule has 3 fully saturated rings. The normalized spacial score (nSPS) is 28.0. The molecule has 0 aromatic heterocycles. The number of para-hydroxylation sites is 1. The maximum Gasteiger partial charge on any atom is 0.226 e. The monoisotopic (exact) mass is 343 g/mol. The van der Waals surface area contributed by atoms with Gasteiger partial charge in [-0.05, 0) is 61.5 Å². The van der Waals surface area contributed by atoms with Crippen molar-refractivity contribution in [2.75, 3.05) is 33.4 Å². The van der Waals surface area contributed by atoms with E-state index in [9.17, 15) is 4.79 Å². The summed E-state index contributed by atoms with van der Waals surface area (Å²) < 4.78 is 11.0. The second kappa shape index (κ2) is 6.99. The third-order valence-corrected chi connectivity index (χ3v) is 6.51. The number of benzene rings is 1. The fraction of sp³-hybridized carbons (Fsp3) is 0.667. The van der Waals surface area contributed by atoms with E-state index in [1.807, 2.05) is 12.1 Å². The molecule has 0 N–H and O–H groups in total. The number of amides is 1. The molecule has 1 amide bonds. The van der Waals surface area contributed by atoms with Gasteiger partial charge in [-0.25, -0.2) is 0 Å². The summed E-state index contributed by atoms with van der Waals surface area (Å²) in [5, 5.41) is 0. The first-order valence-electron chi connectivity index (χ1n) is 9.70. The fourth-order valence-corrected chi connectivity index (χ4v) is 4.86. The number of piperidine rings is 1. The van der Waals surface area contributed by atoms with Crippen molar-refractivity contribution < 1.29 is 14.3 Å². The van der Waals surface area contributed by atoms with Gasteiger partial charge in [-0.2, -0.15) is 0 Å². The minimum Gasteiger partial charge on any atom is -0.496 e. The van der Waals surface area contributed by atoms with Crippen LogP contribution in [0.2, 0.25) is 0 Å². The minimum atomic E-state index is 0.265. The molecule has 1 aliphatic carbocycles. The van der Waals surface area contributed by atoms with Crippen molar-refractivity contribution in [3.63, 3.8) is 0 Å². The number of methoxy groups -OCH3 is 1. The third kappa shape index (κ3) is 3.41. The Bertz CT molecular complexity index is 623. The zero-order chi connectivity index (χ0) is 17.3. The summed E-state index contributed by atoms with van der Waals surface area (Å²) in [7, 11) is 1.73. The molecule has 4 rings (SSSR count). The average molecular weight is 343 g/mol. The molecule has 1 spiro atoms. The van der Waals surface area contributed by atoms with Crippen molar-refractivity contribution in [2.45, 2.75) is 38.5 Å². The maximum absolute atomic E-state index is 13.0. The van der Waals surface area contributed by atoms with E-state index in [0.717, 1.165) is 64.2 Å². The lowest BCUT2D eigenvalue weighted by Crippen LogP contribution is -2.42. The Labute approximate surface area is 150 Å². The Hall–Kier alpha value is -1.55. The molecule has 3 aliphatic rings. The average Bonchev–Trinajstić information content (AvgIpc) is 3.35. The standard InChI is InChI=1S/C21H29NO3/c1-24-19-7-3-2-6-17(19)13-16-5-4-10-22(15-16)20(23)18-14-21(18)8-11-25-12-9-21/h2-3,6-7,16,18H,4-5,8-15H2,1H3. The van der Waals surface area contributed by atoms with E-state index >= 15 is 0 Å². The van der Waals surface area contributed by atoms with Crippen LogP contribution in [0.5, 0.6) is 5.75 Å². The van der Waals surface area contributed by atoms with Gasteiger partial charge in [0.1, 0.15) is 5.75 Å². The summed E-state index contributed by atoms with van der Waals surface area (Å²) in [5.74, 6) is 2.18. The second-order valence-electron chi connectivity index (χ2n) is 8.04. The molecule has 4 nitrogen and oxygen atoms in total. The lowest BCUT2D eigenvalue weighted by Gasteiger charge is -2.34. The highest BCUT2D eigenvalue weighted by atomic mass is 16.5. The van der Waals surface area contributed by atoms with Crippen molar-refractivity contribution >= 4 is 5.91 Å².